The maximum Gasteiger partial charge on any atom is 0.338 e. The summed E-state index contributed by atoms with van der Waals surface area (Å²) in [6.07, 6.45) is 0. The number of benzene rings is 2. The molecule has 0 saturated carbocycles. The van der Waals surface area contributed by atoms with E-state index in [0.717, 1.165) is 16.9 Å². The fourth-order valence-electron chi connectivity index (χ4n) is 2.22. The lowest BCUT2D eigenvalue weighted by atomic mass is 10.2. The van der Waals surface area contributed by atoms with Crippen LogP contribution in [0.3, 0.4) is 0 Å². The van der Waals surface area contributed by atoms with Gasteiger partial charge in [-0.1, -0.05) is 29.3 Å². The smallest absolute Gasteiger partial charge is 0.338 e. The van der Waals surface area contributed by atoms with Crippen LogP contribution in [0.4, 0.5) is 0 Å². The van der Waals surface area contributed by atoms with Gasteiger partial charge in [0.15, 0.2) is 0 Å². The van der Waals surface area contributed by atoms with Crippen molar-refractivity contribution in [1.82, 2.24) is 9.97 Å². The zero-order chi connectivity index (χ0) is 17.3. The SMILES string of the molecule is Cc1nc2ccc(C(=O)OCc3ccc(Cl)cc3Cl)cc2nc1C. The van der Waals surface area contributed by atoms with E-state index in [1.54, 1.807) is 36.4 Å². The van der Waals surface area contributed by atoms with Crippen LogP contribution in [0.2, 0.25) is 10.0 Å². The Morgan fingerprint density at radius 1 is 1.00 bits per heavy atom. The molecule has 0 aliphatic carbocycles. The van der Waals surface area contributed by atoms with Gasteiger partial charge in [-0.25, -0.2) is 14.8 Å². The summed E-state index contributed by atoms with van der Waals surface area (Å²) in [5, 5.41) is 1.000. The number of carbonyl (C=O) groups excluding carboxylic acids is 1. The fraction of sp³-hybridized carbons (Fsp3) is 0.167. The predicted molar refractivity (Wildman–Crippen MR) is 94.6 cm³/mol. The summed E-state index contributed by atoms with van der Waals surface area (Å²) in [5.41, 5.74) is 4.23. The van der Waals surface area contributed by atoms with Gasteiger partial charge in [0, 0.05) is 15.6 Å². The highest BCUT2D eigenvalue weighted by Gasteiger charge is 2.11. The Bertz CT molecular complexity index is 942. The van der Waals surface area contributed by atoms with Gasteiger partial charge < -0.3 is 4.74 Å². The molecule has 1 heterocycles. The van der Waals surface area contributed by atoms with Crippen molar-refractivity contribution in [3.63, 3.8) is 0 Å². The minimum absolute atomic E-state index is 0.0749. The highest BCUT2D eigenvalue weighted by Crippen LogP contribution is 2.22. The van der Waals surface area contributed by atoms with E-state index >= 15 is 0 Å². The largest absolute Gasteiger partial charge is 0.457 e. The van der Waals surface area contributed by atoms with Gasteiger partial charge in [-0.05, 0) is 44.2 Å². The third-order valence-electron chi connectivity index (χ3n) is 3.68. The number of hydrogen-bond donors (Lipinski definition) is 0. The molecule has 0 N–H and O–H groups in total. The molecule has 0 radical (unpaired) electrons. The Morgan fingerprint density at radius 3 is 2.42 bits per heavy atom. The fourth-order valence-corrected chi connectivity index (χ4v) is 2.69. The average Bonchev–Trinajstić information content (AvgIpc) is 2.54. The van der Waals surface area contributed by atoms with Crippen molar-refractivity contribution in [2.45, 2.75) is 20.5 Å². The summed E-state index contributed by atoms with van der Waals surface area (Å²) in [6.45, 7) is 3.86. The van der Waals surface area contributed by atoms with Crippen molar-refractivity contribution >= 4 is 40.2 Å². The maximum atomic E-state index is 12.3. The first-order valence-electron chi connectivity index (χ1n) is 7.30. The van der Waals surface area contributed by atoms with Crippen LogP contribution in [0, 0.1) is 13.8 Å². The number of aromatic nitrogens is 2. The second kappa shape index (κ2) is 6.75. The molecule has 0 bridgehead atoms. The molecular weight excluding hydrogens is 347 g/mol. The van der Waals surface area contributed by atoms with E-state index in [-0.39, 0.29) is 6.61 Å². The van der Waals surface area contributed by atoms with Crippen LogP contribution < -0.4 is 0 Å². The zero-order valence-corrected chi connectivity index (χ0v) is 14.6. The van der Waals surface area contributed by atoms with Crippen LogP contribution in [-0.4, -0.2) is 15.9 Å². The molecule has 2 aromatic carbocycles. The first-order chi connectivity index (χ1) is 11.4. The van der Waals surface area contributed by atoms with Crippen LogP contribution in [0.5, 0.6) is 0 Å². The van der Waals surface area contributed by atoms with Crippen molar-refractivity contribution in [2.24, 2.45) is 0 Å². The molecule has 24 heavy (non-hydrogen) atoms. The Morgan fingerprint density at radius 2 is 1.71 bits per heavy atom. The molecular formula is C18H14Cl2N2O2. The highest BCUT2D eigenvalue weighted by atomic mass is 35.5. The number of ether oxygens (including phenoxy) is 1. The minimum Gasteiger partial charge on any atom is -0.457 e. The molecule has 1 aromatic heterocycles. The molecule has 0 unspecified atom stereocenters. The molecule has 0 fully saturated rings. The molecule has 0 spiro atoms. The van der Waals surface area contributed by atoms with Crippen LogP contribution in [0.15, 0.2) is 36.4 Å². The summed E-state index contributed by atoms with van der Waals surface area (Å²) >= 11 is 11.9. The number of fused-ring (bicyclic) bond motifs is 1. The summed E-state index contributed by atoms with van der Waals surface area (Å²) in [7, 11) is 0. The number of rotatable bonds is 3. The van der Waals surface area contributed by atoms with Gasteiger partial charge in [0.05, 0.1) is 28.0 Å². The number of carbonyl (C=O) groups is 1. The Kier molecular flexibility index (Phi) is 4.69. The van der Waals surface area contributed by atoms with Gasteiger partial charge in [0.2, 0.25) is 0 Å². The van der Waals surface area contributed by atoms with E-state index in [4.69, 9.17) is 27.9 Å². The number of aryl methyl sites for hydroxylation is 2. The van der Waals surface area contributed by atoms with Gasteiger partial charge in [-0.3, -0.25) is 0 Å². The van der Waals surface area contributed by atoms with Crippen LogP contribution >= 0.6 is 23.2 Å². The summed E-state index contributed by atoms with van der Waals surface area (Å²) in [5.74, 6) is -0.442. The van der Waals surface area contributed by atoms with E-state index in [0.29, 0.717) is 26.7 Å². The van der Waals surface area contributed by atoms with Gasteiger partial charge >= 0.3 is 5.97 Å². The third kappa shape index (κ3) is 3.50. The van der Waals surface area contributed by atoms with E-state index in [1.807, 2.05) is 13.8 Å². The molecule has 4 nitrogen and oxygen atoms in total. The summed E-state index contributed by atoms with van der Waals surface area (Å²) in [4.78, 5) is 21.2. The van der Waals surface area contributed by atoms with Gasteiger partial charge in [-0.15, -0.1) is 0 Å². The lowest BCUT2D eigenvalue weighted by Crippen LogP contribution is -2.06. The number of halogens is 2. The molecule has 3 aromatic rings. The van der Waals surface area contributed by atoms with Gasteiger partial charge in [-0.2, -0.15) is 0 Å². The third-order valence-corrected chi connectivity index (χ3v) is 4.27. The monoisotopic (exact) mass is 360 g/mol. The minimum atomic E-state index is -0.442. The molecule has 0 saturated heterocycles. The topological polar surface area (TPSA) is 52.1 Å². The first kappa shape index (κ1) is 16.7. The first-order valence-corrected chi connectivity index (χ1v) is 8.05. The van der Waals surface area contributed by atoms with Crippen LogP contribution in [-0.2, 0) is 11.3 Å². The van der Waals surface area contributed by atoms with Gasteiger partial charge in [0.25, 0.3) is 0 Å². The Labute approximate surface area is 149 Å². The second-order valence-corrected chi connectivity index (χ2v) is 6.25. The van der Waals surface area contributed by atoms with Crippen molar-refractivity contribution in [3.8, 4) is 0 Å². The highest BCUT2D eigenvalue weighted by molar-refractivity contribution is 6.35. The Hall–Kier alpha value is -2.17. The van der Waals surface area contributed by atoms with Crippen molar-refractivity contribution < 1.29 is 9.53 Å². The molecule has 3 rings (SSSR count). The average molecular weight is 361 g/mol. The summed E-state index contributed by atoms with van der Waals surface area (Å²) in [6, 6.07) is 10.2. The summed E-state index contributed by atoms with van der Waals surface area (Å²) < 4.78 is 5.32. The number of nitrogens with zero attached hydrogens (tertiary/aromatic N) is 2. The quantitative estimate of drug-likeness (QED) is 0.622. The van der Waals surface area contributed by atoms with Crippen molar-refractivity contribution in [3.05, 3.63) is 69.0 Å². The second-order valence-electron chi connectivity index (χ2n) is 5.41. The molecule has 0 aliphatic heterocycles. The lowest BCUT2D eigenvalue weighted by Gasteiger charge is -2.08. The molecule has 6 heteroatoms. The molecule has 122 valence electrons. The van der Waals surface area contributed by atoms with E-state index in [2.05, 4.69) is 9.97 Å². The van der Waals surface area contributed by atoms with Crippen molar-refractivity contribution in [2.75, 3.05) is 0 Å². The normalized spacial score (nSPS) is 10.8. The molecule has 0 atom stereocenters. The Balaban J connectivity index is 1.79. The van der Waals surface area contributed by atoms with Crippen LogP contribution in [0.1, 0.15) is 27.3 Å². The van der Waals surface area contributed by atoms with Crippen molar-refractivity contribution in [1.29, 1.82) is 0 Å². The van der Waals surface area contributed by atoms with E-state index in [1.165, 1.54) is 0 Å². The number of hydrogen-bond acceptors (Lipinski definition) is 4. The van der Waals surface area contributed by atoms with E-state index in [9.17, 15) is 4.79 Å². The lowest BCUT2D eigenvalue weighted by molar-refractivity contribution is 0.0473. The van der Waals surface area contributed by atoms with Gasteiger partial charge in [0.1, 0.15) is 6.61 Å². The van der Waals surface area contributed by atoms with Crippen LogP contribution in [0.25, 0.3) is 11.0 Å². The maximum absolute atomic E-state index is 12.3. The molecule has 0 amide bonds. The van der Waals surface area contributed by atoms with E-state index < -0.39 is 5.97 Å². The zero-order valence-electron chi connectivity index (χ0n) is 13.1. The number of esters is 1. The molecule has 0 aliphatic rings. The standard InChI is InChI=1S/C18H14Cl2N2O2/c1-10-11(2)22-17-7-12(4-6-16(17)21-10)18(23)24-9-13-3-5-14(19)8-15(13)20/h3-8H,9H2,1-2H3. The predicted octanol–water partition coefficient (Wildman–Crippen LogP) is 4.91.